The van der Waals surface area contributed by atoms with Gasteiger partial charge < -0.3 is 9.15 Å². The van der Waals surface area contributed by atoms with Crippen molar-refractivity contribution in [3.8, 4) is 5.75 Å². The van der Waals surface area contributed by atoms with E-state index in [2.05, 4.69) is 0 Å². The predicted molar refractivity (Wildman–Crippen MR) is 98.3 cm³/mol. The number of oxazole rings is 1. The Kier molecular flexibility index (Phi) is 5.08. The van der Waals surface area contributed by atoms with Gasteiger partial charge in [-0.2, -0.15) is 0 Å². The Morgan fingerprint density at radius 3 is 2.50 bits per heavy atom. The molecule has 0 N–H and O–H groups in total. The van der Waals surface area contributed by atoms with E-state index in [1.807, 2.05) is 0 Å². The topological polar surface area (TPSA) is 81.8 Å². The van der Waals surface area contributed by atoms with E-state index in [1.165, 1.54) is 30.8 Å². The van der Waals surface area contributed by atoms with E-state index in [-0.39, 0.29) is 23.6 Å². The number of rotatable bonds is 6. The quantitative estimate of drug-likeness (QED) is 0.639. The number of ether oxygens (including phenoxy) is 1. The van der Waals surface area contributed by atoms with Crippen LogP contribution in [-0.4, -0.2) is 38.0 Å². The zero-order valence-electron chi connectivity index (χ0n) is 14.2. The Hall–Kier alpha value is -2.29. The Bertz CT molecular complexity index is 1080. The van der Waals surface area contributed by atoms with E-state index in [0.29, 0.717) is 16.3 Å². The minimum absolute atomic E-state index is 0.0633. The van der Waals surface area contributed by atoms with Crippen molar-refractivity contribution in [1.29, 1.82) is 0 Å². The summed E-state index contributed by atoms with van der Waals surface area (Å²) in [4.78, 5) is 12.1. The number of sulfonamides is 1. The highest BCUT2D eigenvalue weighted by molar-refractivity contribution is 7.89. The molecule has 3 rings (SSSR count). The maximum absolute atomic E-state index is 12.2. The summed E-state index contributed by atoms with van der Waals surface area (Å²) in [7, 11) is -0.723. The number of hydrogen-bond acceptors (Lipinski definition) is 5. The molecular formula is C17H17ClN2O5S. The first-order valence-electron chi connectivity index (χ1n) is 7.73. The van der Waals surface area contributed by atoms with Gasteiger partial charge in [-0.3, -0.25) is 4.57 Å². The Balaban J connectivity index is 1.82. The lowest BCUT2D eigenvalue weighted by atomic mass is 10.3. The maximum atomic E-state index is 12.2. The van der Waals surface area contributed by atoms with Gasteiger partial charge in [0.05, 0.1) is 17.0 Å². The lowest BCUT2D eigenvalue weighted by Crippen LogP contribution is -2.22. The SMILES string of the molecule is CN(C)S(=O)(=O)c1ccc2c(c1)oc(=O)n2CCOc1ccc(Cl)cc1. The molecule has 0 fully saturated rings. The molecule has 0 aliphatic carbocycles. The molecule has 0 amide bonds. The Labute approximate surface area is 155 Å². The van der Waals surface area contributed by atoms with Gasteiger partial charge in [-0.05, 0) is 36.4 Å². The van der Waals surface area contributed by atoms with Crippen LogP contribution in [0.15, 0.2) is 56.6 Å². The molecule has 9 heteroatoms. The van der Waals surface area contributed by atoms with Crippen LogP contribution in [0.3, 0.4) is 0 Å². The van der Waals surface area contributed by atoms with E-state index in [4.69, 9.17) is 20.8 Å². The lowest BCUT2D eigenvalue weighted by molar-refractivity contribution is 0.294. The van der Waals surface area contributed by atoms with Crippen molar-refractivity contribution in [2.24, 2.45) is 0 Å². The summed E-state index contributed by atoms with van der Waals surface area (Å²) < 4.78 is 37.7. The van der Waals surface area contributed by atoms with E-state index in [1.54, 1.807) is 30.3 Å². The Morgan fingerprint density at radius 2 is 1.85 bits per heavy atom. The van der Waals surface area contributed by atoms with E-state index in [0.717, 1.165) is 4.31 Å². The molecule has 0 aliphatic rings. The van der Waals surface area contributed by atoms with Crippen LogP contribution in [0.25, 0.3) is 11.1 Å². The monoisotopic (exact) mass is 396 g/mol. The fraction of sp³-hybridized carbons (Fsp3) is 0.235. The van der Waals surface area contributed by atoms with Gasteiger partial charge in [-0.25, -0.2) is 17.5 Å². The minimum Gasteiger partial charge on any atom is -0.492 e. The van der Waals surface area contributed by atoms with Gasteiger partial charge in [-0.15, -0.1) is 0 Å². The molecule has 138 valence electrons. The van der Waals surface area contributed by atoms with Crippen LogP contribution < -0.4 is 10.5 Å². The summed E-state index contributed by atoms with van der Waals surface area (Å²) in [5.41, 5.74) is 0.719. The average molecular weight is 397 g/mol. The van der Waals surface area contributed by atoms with Gasteiger partial charge >= 0.3 is 5.76 Å². The second kappa shape index (κ2) is 7.14. The molecule has 0 atom stereocenters. The van der Waals surface area contributed by atoms with Crippen molar-refractivity contribution in [3.63, 3.8) is 0 Å². The second-order valence-corrected chi connectivity index (χ2v) is 8.33. The van der Waals surface area contributed by atoms with Crippen molar-refractivity contribution in [3.05, 3.63) is 58.0 Å². The third kappa shape index (κ3) is 3.62. The van der Waals surface area contributed by atoms with Gasteiger partial charge in [0.15, 0.2) is 5.58 Å². The molecule has 0 bridgehead atoms. The molecular weight excluding hydrogens is 380 g/mol. The third-order valence-electron chi connectivity index (χ3n) is 3.82. The van der Waals surface area contributed by atoms with Crippen molar-refractivity contribution in [2.75, 3.05) is 20.7 Å². The lowest BCUT2D eigenvalue weighted by Gasteiger charge is -2.11. The molecule has 7 nitrogen and oxygen atoms in total. The fourth-order valence-corrected chi connectivity index (χ4v) is 3.46. The zero-order chi connectivity index (χ0) is 18.9. The zero-order valence-corrected chi connectivity index (χ0v) is 15.7. The number of nitrogens with zero attached hydrogens (tertiary/aromatic N) is 2. The molecule has 1 aromatic heterocycles. The smallest absolute Gasteiger partial charge is 0.420 e. The van der Waals surface area contributed by atoms with Crippen molar-refractivity contribution >= 4 is 32.7 Å². The van der Waals surface area contributed by atoms with Crippen LogP contribution >= 0.6 is 11.6 Å². The van der Waals surface area contributed by atoms with Gasteiger partial charge in [0, 0.05) is 25.2 Å². The van der Waals surface area contributed by atoms with Crippen LogP contribution in [-0.2, 0) is 16.6 Å². The second-order valence-electron chi connectivity index (χ2n) is 5.74. The van der Waals surface area contributed by atoms with E-state index >= 15 is 0 Å². The molecule has 0 spiro atoms. The molecule has 0 unspecified atom stereocenters. The van der Waals surface area contributed by atoms with Crippen LogP contribution in [0.4, 0.5) is 0 Å². The number of hydrogen-bond donors (Lipinski definition) is 0. The van der Waals surface area contributed by atoms with Crippen LogP contribution in [0.1, 0.15) is 0 Å². The highest BCUT2D eigenvalue weighted by atomic mass is 35.5. The van der Waals surface area contributed by atoms with Crippen molar-refractivity contribution in [2.45, 2.75) is 11.4 Å². The number of fused-ring (bicyclic) bond motifs is 1. The highest BCUT2D eigenvalue weighted by Crippen LogP contribution is 2.21. The molecule has 0 saturated heterocycles. The van der Waals surface area contributed by atoms with Gasteiger partial charge in [-0.1, -0.05) is 11.6 Å². The summed E-state index contributed by atoms with van der Waals surface area (Å²) >= 11 is 5.82. The average Bonchev–Trinajstić information content (AvgIpc) is 2.91. The molecule has 0 aliphatic heterocycles. The Morgan fingerprint density at radius 1 is 1.15 bits per heavy atom. The first kappa shape index (κ1) is 18.5. The summed E-state index contributed by atoms with van der Waals surface area (Å²) in [5.74, 6) is 0.0636. The summed E-state index contributed by atoms with van der Waals surface area (Å²) in [6.45, 7) is 0.502. The molecule has 0 saturated carbocycles. The summed E-state index contributed by atoms with van der Waals surface area (Å²) in [5, 5.41) is 0.609. The normalized spacial score (nSPS) is 12.0. The van der Waals surface area contributed by atoms with E-state index < -0.39 is 15.8 Å². The fourth-order valence-electron chi connectivity index (χ4n) is 2.42. The molecule has 2 aromatic carbocycles. The number of aromatic nitrogens is 1. The number of benzene rings is 2. The van der Waals surface area contributed by atoms with E-state index in [9.17, 15) is 13.2 Å². The molecule has 0 radical (unpaired) electrons. The first-order valence-corrected chi connectivity index (χ1v) is 9.55. The molecule has 3 aromatic rings. The van der Waals surface area contributed by atoms with Crippen molar-refractivity contribution in [1.82, 2.24) is 8.87 Å². The number of halogens is 1. The van der Waals surface area contributed by atoms with Crippen LogP contribution in [0.5, 0.6) is 5.75 Å². The molecule has 1 heterocycles. The standard InChI is InChI=1S/C17H17ClN2O5S/c1-19(2)26(22,23)14-7-8-15-16(11-14)25-17(21)20(15)9-10-24-13-5-3-12(18)4-6-13/h3-8,11H,9-10H2,1-2H3. The maximum Gasteiger partial charge on any atom is 0.420 e. The first-order chi connectivity index (χ1) is 12.3. The summed E-state index contributed by atoms with van der Waals surface area (Å²) in [6.07, 6.45) is 0. The minimum atomic E-state index is -3.60. The van der Waals surface area contributed by atoms with Crippen LogP contribution in [0.2, 0.25) is 5.02 Å². The van der Waals surface area contributed by atoms with Crippen LogP contribution in [0, 0.1) is 0 Å². The highest BCUT2D eigenvalue weighted by Gasteiger charge is 2.19. The van der Waals surface area contributed by atoms with Gasteiger partial charge in [0.25, 0.3) is 0 Å². The predicted octanol–water partition coefficient (Wildman–Crippen LogP) is 2.58. The van der Waals surface area contributed by atoms with Crippen molar-refractivity contribution < 1.29 is 17.6 Å². The van der Waals surface area contributed by atoms with Gasteiger partial charge in [0.2, 0.25) is 10.0 Å². The largest absolute Gasteiger partial charge is 0.492 e. The van der Waals surface area contributed by atoms with Gasteiger partial charge in [0.1, 0.15) is 12.4 Å². The third-order valence-corrected chi connectivity index (χ3v) is 5.88. The molecule has 26 heavy (non-hydrogen) atoms. The summed E-state index contributed by atoms with van der Waals surface area (Å²) in [6, 6.07) is 11.2.